The molecule has 0 saturated carbocycles. The highest BCUT2D eigenvalue weighted by atomic mass is 19.1. The molecule has 2 unspecified atom stereocenters. The summed E-state index contributed by atoms with van der Waals surface area (Å²) in [6.07, 6.45) is 5.28. The van der Waals surface area contributed by atoms with Crippen molar-refractivity contribution in [1.82, 2.24) is 15.1 Å². The maximum absolute atomic E-state index is 13.8. The lowest BCUT2D eigenvalue weighted by molar-refractivity contribution is -0.136. The molecule has 3 atom stereocenters. The Morgan fingerprint density at radius 1 is 1.28 bits per heavy atom. The fourth-order valence-corrected chi connectivity index (χ4v) is 5.20. The van der Waals surface area contributed by atoms with Crippen LogP contribution in [0.3, 0.4) is 0 Å². The Morgan fingerprint density at radius 2 is 2.08 bits per heavy atom. The third-order valence-corrected chi connectivity index (χ3v) is 7.11. The number of aliphatic hydroxyl groups excluding tert-OH is 1. The number of halogens is 1. The van der Waals surface area contributed by atoms with Crippen molar-refractivity contribution in [2.45, 2.75) is 57.8 Å². The number of allylic oxidation sites excluding steroid dienone is 1. The van der Waals surface area contributed by atoms with Gasteiger partial charge in [-0.1, -0.05) is 43.7 Å². The van der Waals surface area contributed by atoms with Crippen LogP contribution >= 0.6 is 0 Å². The van der Waals surface area contributed by atoms with E-state index < -0.39 is 18.2 Å². The van der Waals surface area contributed by atoms with Gasteiger partial charge in [0.05, 0.1) is 30.7 Å². The van der Waals surface area contributed by atoms with Crippen LogP contribution in [0.5, 0.6) is 0 Å². The van der Waals surface area contributed by atoms with Gasteiger partial charge in [0.1, 0.15) is 18.5 Å². The first-order valence-electron chi connectivity index (χ1n) is 13.2. The highest BCUT2D eigenvalue weighted by Crippen LogP contribution is 2.30. The number of aryl methyl sites for hydroxylation is 1. The molecule has 0 aromatic heterocycles. The molecule has 0 bridgehead atoms. The number of piperidine rings is 1. The SMILES string of the molecule is CCCc1ccccc1CNC[C@@H](O)CN1CCOC2=C(C=CC(C(=O)N3CCCC(F)C3)C2)C1=O. The molecule has 1 aromatic rings. The number of hydrogen-bond acceptors (Lipinski definition) is 5. The number of β-amino-alcohol motifs (C(OH)–C–C–N with tert-alkyl or cyclic N) is 1. The zero-order valence-corrected chi connectivity index (χ0v) is 21.1. The van der Waals surface area contributed by atoms with E-state index >= 15 is 0 Å². The Bertz CT molecular complexity index is 995. The molecule has 1 aliphatic carbocycles. The highest BCUT2D eigenvalue weighted by molar-refractivity contribution is 5.98. The topological polar surface area (TPSA) is 82.1 Å². The molecule has 8 heteroatoms. The largest absolute Gasteiger partial charge is 0.495 e. The zero-order valence-electron chi connectivity index (χ0n) is 21.1. The second-order valence-corrected chi connectivity index (χ2v) is 9.93. The van der Waals surface area contributed by atoms with E-state index in [1.165, 1.54) is 11.1 Å². The molecule has 2 amide bonds. The molecule has 2 N–H and O–H groups in total. The van der Waals surface area contributed by atoms with Gasteiger partial charge in [-0.15, -0.1) is 0 Å². The summed E-state index contributed by atoms with van der Waals surface area (Å²) >= 11 is 0. The Balaban J connectivity index is 1.30. The van der Waals surface area contributed by atoms with Crippen LogP contribution < -0.4 is 5.32 Å². The van der Waals surface area contributed by atoms with E-state index in [1.54, 1.807) is 22.0 Å². The minimum Gasteiger partial charge on any atom is -0.495 e. The molecule has 0 spiro atoms. The van der Waals surface area contributed by atoms with Crippen molar-refractivity contribution in [2.24, 2.45) is 5.92 Å². The minimum atomic E-state index is -0.971. The molecule has 2 aliphatic heterocycles. The van der Waals surface area contributed by atoms with Gasteiger partial charge in [-0.3, -0.25) is 9.59 Å². The van der Waals surface area contributed by atoms with Crippen LogP contribution in [0.25, 0.3) is 0 Å². The van der Waals surface area contributed by atoms with Crippen molar-refractivity contribution in [3.05, 3.63) is 58.9 Å². The number of carbonyl (C=O) groups is 2. The molecule has 196 valence electrons. The molecule has 0 radical (unpaired) electrons. The summed E-state index contributed by atoms with van der Waals surface area (Å²) in [7, 11) is 0. The Hall–Kier alpha value is -2.71. The zero-order chi connectivity index (χ0) is 25.5. The van der Waals surface area contributed by atoms with Gasteiger partial charge in [0, 0.05) is 32.6 Å². The summed E-state index contributed by atoms with van der Waals surface area (Å²) in [6.45, 7) is 4.77. The second kappa shape index (κ2) is 12.5. The molecule has 1 aromatic carbocycles. The number of hydrogen-bond donors (Lipinski definition) is 2. The van der Waals surface area contributed by atoms with Crippen molar-refractivity contribution in [3.63, 3.8) is 0 Å². The number of ether oxygens (including phenoxy) is 1. The number of nitrogens with zero attached hydrogens (tertiary/aromatic N) is 2. The van der Waals surface area contributed by atoms with E-state index in [1.807, 2.05) is 12.1 Å². The third-order valence-electron chi connectivity index (χ3n) is 7.11. The summed E-state index contributed by atoms with van der Waals surface area (Å²) in [5, 5.41) is 13.9. The highest BCUT2D eigenvalue weighted by Gasteiger charge is 2.34. The number of benzene rings is 1. The van der Waals surface area contributed by atoms with Gasteiger partial charge in [0.25, 0.3) is 5.91 Å². The van der Waals surface area contributed by atoms with Gasteiger partial charge in [-0.25, -0.2) is 4.39 Å². The number of alkyl halides is 1. The van der Waals surface area contributed by atoms with Crippen LogP contribution in [0.4, 0.5) is 4.39 Å². The molecule has 1 saturated heterocycles. The number of amides is 2. The van der Waals surface area contributed by atoms with E-state index in [0.717, 1.165) is 12.8 Å². The first-order chi connectivity index (χ1) is 17.5. The summed E-state index contributed by atoms with van der Waals surface area (Å²) in [5.74, 6) is -0.242. The monoisotopic (exact) mass is 499 g/mol. The van der Waals surface area contributed by atoms with Crippen LogP contribution in [0.1, 0.15) is 43.7 Å². The van der Waals surface area contributed by atoms with Crippen LogP contribution in [-0.2, 0) is 27.3 Å². The van der Waals surface area contributed by atoms with Crippen LogP contribution in [0.2, 0.25) is 0 Å². The van der Waals surface area contributed by atoms with Gasteiger partial charge < -0.3 is 25.0 Å². The summed E-state index contributed by atoms with van der Waals surface area (Å²) in [5.41, 5.74) is 2.97. The van der Waals surface area contributed by atoms with Crippen molar-refractivity contribution in [1.29, 1.82) is 0 Å². The average Bonchev–Trinajstić information content (AvgIpc) is 3.03. The van der Waals surface area contributed by atoms with E-state index in [9.17, 15) is 19.1 Å². The van der Waals surface area contributed by atoms with Gasteiger partial charge >= 0.3 is 0 Å². The van der Waals surface area contributed by atoms with Gasteiger partial charge in [0.15, 0.2) is 0 Å². The second-order valence-electron chi connectivity index (χ2n) is 9.93. The normalized spacial score (nSPS) is 23.2. The number of aliphatic hydroxyl groups is 1. The van der Waals surface area contributed by atoms with Crippen LogP contribution in [-0.4, -0.2) is 78.3 Å². The first-order valence-corrected chi connectivity index (χ1v) is 13.2. The molecule has 36 heavy (non-hydrogen) atoms. The van der Waals surface area contributed by atoms with E-state index in [-0.39, 0.29) is 24.9 Å². The molecule has 3 aliphatic rings. The number of carbonyl (C=O) groups excluding carboxylic acids is 2. The quantitative estimate of drug-likeness (QED) is 0.546. The molecule has 2 heterocycles. The Morgan fingerprint density at radius 3 is 2.86 bits per heavy atom. The average molecular weight is 500 g/mol. The summed E-state index contributed by atoms with van der Waals surface area (Å²) in [6, 6.07) is 8.30. The van der Waals surface area contributed by atoms with Crippen LogP contribution in [0, 0.1) is 5.92 Å². The molecule has 1 fully saturated rings. The lowest BCUT2D eigenvalue weighted by atomic mass is 9.92. The van der Waals surface area contributed by atoms with Crippen LogP contribution in [0.15, 0.2) is 47.7 Å². The maximum atomic E-state index is 13.8. The Kier molecular flexibility index (Phi) is 9.15. The first kappa shape index (κ1) is 26.4. The lowest BCUT2D eigenvalue weighted by Crippen LogP contribution is -2.44. The fourth-order valence-electron chi connectivity index (χ4n) is 5.20. The van der Waals surface area contributed by atoms with Gasteiger partial charge in [-0.05, 0) is 36.5 Å². The van der Waals surface area contributed by atoms with Crippen molar-refractivity contribution in [3.8, 4) is 0 Å². The predicted octanol–water partition coefficient (Wildman–Crippen LogP) is 2.74. The third kappa shape index (κ3) is 6.53. The number of rotatable bonds is 9. The predicted molar refractivity (Wildman–Crippen MR) is 136 cm³/mol. The Labute approximate surface area is 213 Å². The van der Waals surface area contributed by atoms with Crippen molar-refractivity contribution in [2.75, 3.05) is 39.3 Å². The molecule has 7 nitrogen and oxygen atoms in total. The number of likely N-dealkylation sites (tertiary alicyclic amines) is 1. The summed E-state index contributed by atoms with van der Waals surface area (Å²) < 4.78 is 19.7. The smallest absolute Gasteiger partial charge is 0.257 e. The van der Waals surface area contributed by atoms with Crippen molar-refractivity contribution < 1.29 is 23.8 Å². The lowest BCUT2D eigenvalue weighted by Gasteiger charge is -2.32. The fraction of sp³-hybridized carbons (Fsp3) is 0.571. The molecular weight excluding hydrogens is 461 g/mol. The molecule has 4 rings (SSSR count). The van der Waals surface area contributed by atoms with E-state index in [0.29, 0.717) is 63.4 Å². The van der Waals surface area contributed by atoms with E-state index in [2.05, 4.69) is 24.4 Å². The standard InChI is InChI=1S/C28H38FN3O4/c1-2-6-20-7-3-4-8-22(20)16-30-17-24(33)19-32-13-14-36-26-15-21(10-11-25(26)28(32)35)27(34)31-12-5-9-23(29)18-31/h3-4,7-8,10-11,21,23-24,30,33H,2,5-6,9,12-19H2,1H3/t21?,23?,24-/m1/s1. The van der Waals surface area contributed by atoms with E-state index in [4.69, 9.17) is 4.74 Å². The van der Waals surface area contributed by atoms with Crippen molar-refractivity contribution >= 4 is 11.8 Å². The number of nitrogens with one attached hydrogen (secondary N) is 1. The molecular formula is C28H38FN3O4. The maximum Gasteiger partial charge on any atom is 0.257 e. The minimum absolute atomic E-state index is 0.112. The van der Waals surface area contributed by atoms with Gasteiger partial charge in [0.2, 0.25) is 5.91 Å². The van der Waals surface area contributed by atoms with Gasteiger partial charge in [-0.2, -0.15) is 0 Å². The summed E-state index contributed by atoms with van der Waals surface area (Å²) in [4.78, 5) is 29.3.